The van der Waals surface area contributed by atoms with E-state index in [-0.39, 0.29) is 0 Å². The summed E-state index contributed by atoms with van der Waals surface area (Å²) in [5.41, 5.74) is 1.59. The molecule has 0 aromatic heterocycles. The number of aliphatic imine (C=N–C) groups is 1. The molecule has 0 amide bonds. The Labute approximate surface area is 98.7 Å². The smallest absolute Gasteiger partial charge is 0.125 e. The number of hydrogen-bond acceptors (Lipinski definition) is 1. The highest BCUT2D eigenvalue weighted by molar-refractivity contribution is 9.11. The molecule has 0 fully saturated rings. The first-order valence-corrected chi connectivity index (χ1v) is 5.24. The van der Waals surface area contributed by atoms with Gasteiger partial charge in [0.1, 0.15) is 5.16 Å². The molecule has 0 atom stereocenters. The molecule has 0 radical (unpaired) electrons. The van der Waals surface area contributed by atoms with Crippen molar-refractivity contribution in [1.82, 2.24) is 0 Å². The van der Waals surface area contributed by atoms with E-state index < -0.39 is 0 Å². The lowest BCUT2D eigenvalue weighted by Gasteiger charge is -1.99. The fourth-order valence-electron chi connectivity index (χ4n) is 0.620. The van der Waals surface area contributed by atoms with Gasteiger partial charge in [-0.2, -0.15) is 0 Å². The third-order valence-corrected chi connectivity index (χ3v) is 2.23. The van der Waals surface area contributed by atoms with Crippen LogP contribution in [0.3, 0.4) is 0 Å². The predicted molar refractivity (Wildman–Crippen MR) is 69.1 cm³/mol. The quantitative estimate of drug-likeness (QED) is 0.404. The molecule has 0 aliphatic rings. The molecule has 0 aromatic rings. The molecule has 0 N–H and O–H groups in total. The van der Waals surface area contributed by atoms with Gasteiger partial charge < -0.3 is 0 Å². The molecule has 0 bridgehead atoms. The Morgan fingerprint density at radius 1 is 1.50 bits per heavy atom. The summed E-state index contributed by atoms with van der Waals surface area (Å²) in [6, 6.07) is 0. The first kappa shape index (κ1) is 13.4. The molecule has 0 spiro atoms. The summed E-state index contributed by atoms with van der Waals surface area (Å²) >= 11 is 9.11. The van der Waals surface area contributed by atoms with E-state index >= 15 is 0 Å². The van der Waals surface area contributed by atoms with Gasteiger partial charge in [0, 0.05) is 4.48 Å². The summed E-state index contributed by atoms with van der Waals surface area (Å²) in [6.07, 6.45) is 5.23. The molecule has 1 nitrogen and oxygen atoms in total. The molecule has 0 aliphatic carbocycles. The molecule has 0 heterocycles. The minimum absolute atomic E-state index is 0.448. The van der Waals surface area contributed by atoms with Crippen LogP contribution in [0.1, 0.15) is 13.8 Å². The van der Waals surface area contributed by atoms with Crippen molar-refractivity contribution in [3.8, 4) is 0 Å². The molecule has 0 unspecified atom stereocenters. The van der Waals surface area contributed by atoms with Crippen LogP contribution in [-0.2, 0) is 0 Å². The number of rotatable bonds is 4. The molecular weight excluding hydrogens is 261 g/mol. The highest BCUT2D eigenvalue weighted by atomic mass is 79.9. The van der Waals surface area contributed by atoms with Gasteiger partial charge in [-0.05, 0) is 25.5 Å². The maximum atomic E-state index is 5.79. The Morgan fingerprint density at radius 3 is 2.43 bits per heavy atom. The van der Waals surface area contributed by atoms with Crippen molar-refractivity contribution in [3.63, 3.8) is 0 Å². The van der Waals surface area contributed by atoms with Gasteiger partial charge in [-0.3, -0.25) is 0 Å². The number of nitrogens with zero attached hydrogens (tertiary/aromatic N) is 1. The Bertz CT molecular complexity index is 324. The molecule has 0 aromatic carbocycles. The van der Waals surface area contributed by atoms with Crippen molar-refractivity contribution in [1.29, 1.82) is 0 Å². The Morgan fingerprint density at radius 2 is 2.07 bits per heavy atom. The lowest BCUT2D eigenvalue weighted by Crippen LogP contribution is -1.94. The van der Waals surface area contributed by atoms with Gasteiger partial charge in [0.25, 0.3) is 0 Å². The zero-order valence-electron chi connectivity index (χ0n) is 8.35. The van der Waals surface area contributed by atoms with E-state index in [1.54, 1.807) is 12.2 Å². The summed E-state index contributed by atoms with van der Waals surface area (Å²) < 4.78 is 0.847. The number of halogens is 2. The topological polar surface area (TPSA) is 12.4 Å². The van der Waals surface area contributed by atoms with Crippen LogP contribution in [-0.4, -0.2) is 5.71 Å². The van der Waals surface area contributed by atoms with Crippen molar-refractivity contribution < 1.29 is 0 Å². The van der Waals surface area contributed by atoms with Crippen LogP contribution < -0.4 is 0 Å². The summed E-state index contributed by atoms with van der Waals surface area (Å²) in [6.45, 7) is 11.1. The second-order valence-corrected chi connectivity index (χ2v) is 3.93. The van der Waals surface area contributed by atoms with Crippen LogP contribution in [0, 0.1) is 0 Å². The fraction of sp³-hybridized carbons (Fsp3) is 0.182. The van der Waals surface area contributed by atoms with Crippen molar-refractivity contribution in [2.24, 2.45) is 4.99 Å². The molecule has 3 heteroatoms. The van der Waals surface area contributed by atoms with E-state index in [2.05, 4.69) is 34.1 Å². The molecule has 0 saturated carbocycles. The molecule has 0 aliphatic heterocycles. The largest absolute Gasteiger partial charge is 0.237 e. The van der Waals surface area contributed by atoms with Gasteiger partial charge in [0.2, 0.25) is 0 Å². The Hall–Kier alpha value is -0.600. The van der Waals surface area contributed by atoms with Gasteiger partial charge in [0.05, 0.1) is 5.71 Å². The zero-order valence-corrected chi connectivity index (χ0v) is 10.7. The Balaban J connectivity index is 5.07. The third kappa shape index (κ3) is 5.20. The zero-order chi connectivity index (χ0) is 11.1. The molecule has 0 rings (SSSR count). The van der Waals surface area contributed by atoms with Crippen LogP contribution in [0.2, 0.25) is 0 Å². The summed E-state index contributed by atoms with van der Waals surface area (Å²) in [5, 5.41) is 0.448. The maximum Gasteiger partial charge on any atom is 0.125 e. The SMILES string of the molecule is C=CC(Br)=CC(=NC(Cl)=CC)C(=C)C. The monoisotopic (exact) mass is 273 g/mol. The standard InChI is InChI=1S/C11H13BrClN/c1-5-9(12)7-10(8(3)4)14-11(13)6-2/h5-7H,1,3H2,2,4H3. The molecule has 0 saturated heterocycles. The first-order chi connectivity index (χ1) is 6.51. The second kappa shape index (κ2) is 6.80. The van der Waals surface area contributed by atoms with Gasteiger partial charge in [-0.25, -0.2) is 4.99 Å². The van der Waals surface area contributed by atoms with E-state index in [0.29, 0.717) is 5.16 Å². The summed E-state index contributed by atoms with van der Waals surface area (Å²) in [7, 11) is 0. The van der Waals surface area contributed by atoms with Crippen LogP contribution in [0.15, 0.2) is 51.6 Å². The Kier molecular flexibility index (Phi) is 6.50. The highest BCUT2D eigenvalue weighted by Crippen LogP contribution is 2.12. The summed E-state index contributed by atoms with van der Waals surface area (Å²) in [5.74, 6) is 0. The minimum atomic E-state index is 0.448. The maximum absolute atomic E-state index is 5.79. The first-order valence-electron chi connectivity index (χ1n) is 4.07. The van der Waals surface area contributed by atoms with Gasteiger partial charge in [0.15, 0.2) is 0 Å². The van der Waals surface area contributed by atoms with Crippen molar-refractivity contribution in [2.45, 2.75) is 13.8 Å². The normalized spacial score (nSPS) is 14.1. The predicted octanol–water partition coefficient (Wildman–Crippen LogP) is 4.57. The van der Waals surface area contributed by atoms with Crippen molar-refractivity contribution in [2.75, 3.05) is 0 Å². The molecule has 76 valence electrons. The highest BCUT2D eigenvalue weighted by Gasteiger charge is 1.98. The van der Waals surface area contributed by atoms with Crippen molar-refractivity contribution >= 4 is 33.2 Å². The van der Waals surface area contributed by atoms with E-state index in [0.717, 1.165) is 15.8 Å². The lowest BCUT2D eigenvalue weighted by molar-refractivity contribution is 1.44. The van der Waals surface area contributed by atoms with Gasteiger partial charge in [-0.15, -0.1) is 0 Å². The van der Waals surface area contributed by atoms with E-state index in [1.165, 1.54) is 0 Å². The summed E-state index contributed by atoms with van der Waals surface area (Å²) in [4.78, 5) is 4.17. The lowest BCUT2D eigenvalue weighted by atomic mass is 10.2. The fourth-order valence-corrected chi connectivity index (χ4v) is 0.928. The van der Waals surface area contributed by atoms with Gasteiger partial charge >= 0.3 is 0 Å². The van der Waals surface area contributed by atoms with Crippen LogP contribution in [0.5, 0.6) is 0 Å². The van der Waals surface area contributed by atoms with Crippen LogP contribution in [0.4, 0.5) is 0 Å². The van der Waals surface area contributed by atoms with Crippen LogP contribution in [0.25, 0.3) is 0 Å². The average Bonchev–Trinajstić information content (AvgIpc) is 2.16. The number of allylic oxidation sites excluding steroid dienone is 5. The van der Waals surface area contributed by atoms with Crippen molar-refractivity contribution in [3.05, 3.63) is 46.6 Å². The number of hydrogen-bond donors (Lipinski definition) is 0. The molecular formula is C11H13BrClN. The van der Waals surface area contributed by atoms with E-state index in [9.17, 15) is 0 Å². The van der Waals surface area contributed by atoms with E-state index in [1.807, 2.05) is 19.9 Å². The third-order valence-electron chi connectivity index (χ3n) is 1.37. The average molecular weight is 275 g/mol. The van der Waals surface area contributed by atoms with Gasteiger partial charge in [-0.1, -0.05) is 52.8 Å². The van der Waals surface area contributed by atoms with Crippen LogP contribution >= 0.6 is 27.5 Å². The second-order valence-electron chi connectivity index (χ2n) is 2.62. The minimum Gasteiger partial charge on any atom is -0.237 e. The molecule has 14 heavy (non-hydrogen) atoms. The van der Waals surface area contributed by atoms with E-state index in [4.69, 9.17) is 11.6 Å².